The van der Waals surface area contributed by atoms with Crippen LogP contribution in [-0.4, -0.2) is 40.6 Å². The van der Waals surface area contributed by atoms with Gasteiger partial charge in [-0.3, -0.25) is 9.69 Å². The maximum Gasteiger partial charge on any atom is 0.248 e. The summed E-state index contributed by atoms with van der Waals surface area (Å²) in [4.78, 5) is 13.9. The van der Waals surface area contributed by atoms with Gasteiger partial charge in [-0.2, -0.15) is 0 Å². The van der Waals surface area contributed by atoms with Gasteiger partial charge in [0, 0.05) is 25.2 Å². The molecule has 0 radical (unpaired) electrons. The molecule has 1 unspecified atom stereocenters. The molecule has 0 bridgehead atoms. The van der Waals surface area contributed by atoms with E-state index in [1.54, 1.807) is 0 Å². The molecule has 1 amide bonds. The monoisotopic (exact) mass is 276 g/mol. The average Bonchev–Trinajstić information content (AvgIpc) is 2.44. The summed E-state index contributed by atoms with van der Waals surface area (Å²) in [6, 6.07) is 8.52. The van der Waals surface area contributed by atoms with E-state index in [4.69, 9.17) is 0 Å². The number of hydrogen-bond donors (Lipinski definition) is 2. The number of nitrogens with one attached hydrogen (secondary N) is 1. The molecule has 1 heterocycles. The van der Waals surface area contributed by atoms with Crippen molar-refractivity contribution in [1.82, 2.24) is 10.2 Å². The van der Waals surface area contributed by atoms with Crippen LogP contribution < -0.4 is 5.32 Å². The summed E-state index contributed by atoms with van der Waals surface area (Å²) in [6.45, 7) is 8.19. The van der Waals surface area contributed by atoms with Crippen molar-refractivity contribution in [3.8, 4) is 0 Å². The summed E-state index contributed by atoms with van der Waals surface area (Å²) in [7, 11) is 0. The second-order valence-corrected chi connectivity index (χ2v) is 6.15. The molecule has 0 fully saturated rings. The Balaban J connectivity index is 1.99. The van der Waals surface area contributed by atoms with Crippen LogP contribution in [0.5, 0.6) is 0 Å². The second kappa shape index (κ2) is 5.94. The molecule has 110 valence electrons. The normalized spacial score (nSPS) is 17.4. The lowest BCUT2D eigenvalue weighted by Gasteiger charge is -2.41. The lowest BCUT2D eigenvalue weighted by atomic mass is 9.94. The predicted molar refractivity (Wildman–Crippen MR) is 79.3 cm³/mol. The van der Waals surface area contributed by atoms with Crippen molar-refractivity contribution in [3.63, 3.8) is 0 Å². The Kier molecular flexibility index (Phi) is 4.45. The van der Waals surface area contributed by atoms with Gasteiger partial charge in [-0.25, -0.2) is 0 Å². The zero-order chi connectivity index (χ0) is 14.8. The Morgan fingerprint density at radius 1 is 1.40 bits per heavy atom. The van der Waals surface area contributed by atoms with Gasteiger partial charge >= 0.3 is 0 Å². The molecule has 1 aromatic rings. The van der Waals surface area contributed by atoms with Gasteiger partial charge in [0.25, 0.3) is 0 Å². The highest BCUT2D eigenvalue weighted by molar-refractivity contribution is 5.80. The van der Waals surface area contributed by atoms with Crippen molar-refractivity contribution in [2.45, 2.75) is 45.4 Å². The molecule has 0 aliphatic carbocycles. The number of carbonyl (C=O) groups excluding carboxylic acids is 1. The fourth-order valence-electron chi connectivity index (χ4n) is 2.58. The maximum atomic E-state index is 11.5. The Labute approximate surface area is 120 Å². The van der Waals surface area contributed by atoms with Gasteiger partial charge in [0.2, 0.25) is 5.91 Å². The molecule has 0 saturated heterocycles. The molecule has 2 rings (SSSR count). The van der Waals surface area contributed by atoms with E-state index in [1.165, 1.54) is 18.1 Å². The van der Waals surface area contributed by atoms with E-state index < -0.39 is 6.10 Å². The number of benzene rings is 1. The first kappa shape index (κ1) is 15.0. The Morgan fingerprint density at radius 2 is 2.05 bits per heavy atom. The number of rotatable bonds is 4. The fraction of sp³-hybridized carbons (Fsp3) is 0.562. The van der Waals surface area contributed by atoms with Gasteiger partial charge in [0.15, 0.2) is 0 Å². The number of aliphatic hydroxyl groups is 1. The molecule has 1 aliphatic heterocycles. The van der Waals surface area contributed by atoms with Gasteiger partial charge in [-0.05, 0) is 38.3 Å². The third-order valence-corrected chi connectivity index (χ3v) is 4.06. The van der Waals surface area contributed by atoms with Gasteiger partial charge in [-0.15, -0.1) is 0 Å². The molecule has 1 atom stereocenters. The first-order valence-electron chi connectivity index (χ1n) is 7.18. The number of hydrogen-bond acceptors (Lipinski definition) is 3. The van der Waals surface area contributed by atoms with Crippen molar-refractivity contribution < 1.29 is 9.90 Å². The largest absolute Gasteiger partial charge is 0.384 e. The van der Waals surface area contributed by atoms with E-state index in [-0.39, 0.29) is 11.4 Å². The number of amides is 1. The first-order chi connectivity index (χ1) is 9.40. The van der Waals surface area contributed by atoms with E-state index in [2.05, 4.69) is 48.3 Å². The van der Waals surface area contributed by atoms with E-state index in [0.717, 1.165) is 19.5 Å². The summed E-state index contributed by atoms with van der Waals surface area (Å²) >= 11 is 0. The quantitative estimate of drug-likeness (QED) is 0.872. The van der Waals surface area contributed by atoms with Crippen LogP contribution in [0.3, 0.4) is 0 Å². The van der Waals surface area contributed by atoms with Crippen LogP contribution >= 0.6 is 0 Å². The van der Waals surface area contributed by atoms with Crippen molar-refractivity contribution >= 4 is 5.91 Å². The molecule has 1 aliphatic rings. The Bertz CT molecular complexity index is 483. The fourth-order valence-corrected chi connectivity index (χ4v) is 2.58. The van der Waals surface area contributed by atoms with Crippen molar-refractivity contribution in [2.24, 2.45) is 0 Å². The minimum absolute atomic E-state index is 0.127. The topological polar surface area (TPSA) is 52.6 Å². The number of aliphatic hydroxyl groups excluding tert-OH is 1. The lowest BCUT2D eigenvalue weighted by Crippen LogP contribution is -2.54. The van der Waals surface area contributed by atoms with Gasteiger partial charge in [-0.1, -0.05) is 24.3 Å². The number of fused-ring (bicyclic) bond motifs is 1. The molecule has 4 heteroatoms. The summed E-state index contributed by atoms with van der Waals surface area (Å²) in [5, 5.41) is 12.0. The van der Waals surface area contributed by atoms with Crippen molar-refractivity contribution in [1.29, 1.82) is 0 Å². The summed E-state index contributed by atoms with van der Waals surface area (Å²) in [5.74, 6) is -0.310. The minimum Gasteiger partial charge on any atom is -0.384 e. The highest BCUT2D eigenvalue weighted by atomic mass is 16.3. The average molecular weight is 276 g/mol. The molecule has 20 heavy (non-hydrogen) atoms. The number of nitrogens with zero attached hydrogens (tertiary/aromatic N) is 1. The Hall–Kier alpha value is -1.39. The zero-order valence-corrected chi connectivity index (χ0v) is 12.5. The van der Waals surface area contributed by atoms with Crippen LogP contribution in [0.15, 0.2) is 24.3 Å². The molecule has 4 nitrogen and oxygen atoms in total. The summed E-state index contributed by atoms with van der Waals surface area (Å²) in [6.07, 6.45) is 0.0946. The molecule has 0 spiro atoms. The zero-order valence-electron chi connectivity index (χ0n) is 12.5. The predicted octanol–water partition coefficient (Wildman–Crippen LogP) is 1.32. The van der Waals surface area contributed by atoms with E-state index in [9.17, 15) is 9.90 Å². The third-order valence-electron chi connectivity index (χ3n) is 4.06. The molecule has 1 aromatic carbocycles. The van der Waals surface area contributed by atoms with Crippen LogP contribution in [-0.2, 0) is 17.8 Å². The van der Waals surface area contributed by atoms with Crippen LogP contribution in [0.1, 0.15) is 31.9 Å². The lowest BCUT2D eigenvalue weighted by molar-refractivity contribution is -0.129. The standard InChI is InChI=1S/C16H24N2O2/c1-12(19)15(20)17-11-16(2,3)18-9-8-13-6-4-5-7-14(13)10-18/h4-7,12,19H,8-11H2,1-3H3,(H,17,20). The molecule has 0 saturated carbocycles. The number of carbonyl (C=O) groups is 1. The Morgan fingerprint density at radius 3 is 2.70 bits per heavy atom. The highest BCUT2D eigenvalue weighted by Gasteiger charge is 2.30. The van der Waals surface area contributed by atoms with Crippen LogP contribution in [0.4, 0.5) is 0 Å². The summed E-state index contributed by atoms with van der Waals surface area (Å²) < 4.78 is 0. The van der Waals surface area contributed by atoms with E-state index in [1.807, 2.05) is 0 Å². The van der Waals surface area contributed by atoms with Crippen LogP contribution in [0.25, 0.3) is 0 Å². The van der Waals surface area contributed by atoms with Crippen molar-refractivity contribution in [3.05, 3.63) is 35.4 Å². The molecule has 0 aromatic heterocycles. The first-order valence-corrected chi connectivity index (χ1v) is 7.18. The van der Waals surface area contributed by atoms with Gasteiger partial charge in [0.05, 0.1) is 0 Å². The van der Waals surface area contributed by atoms with E-state index in [0.29, 0.717) is 6.54 Å². The molecular weight excluding hydrogens is 252 g/mol. The SMILES string of the molecule is CC(O)C(=O)NCC(C)(C)N1CCc2ccccc2C1. The summed E-state index contributed by atoms with van der Waals surface area (Å²) in [5.41, 5.74) is 2.67. The maximum absolute atomic E-state index is 11.5. The van der Waals surface area contributed by atoms with Crippen LogP contribution in [0, 0.1) is 0 Å². The third kappa shape index (κ3) is 3.38. The highest BCUT2D eigenvalue weighted by Crippen LogP contribution is 2.24. The molecule has 2 N–H and O–H groups in total. The van der Waals surface area contributed by atoms with Gasteiger partial charge in [0.1, 0.15) is 6.10 Å². The molecular formula is C16H24N2O2. The second-order valence-electron chi connectivity index (χ2n) is 6.15. The smallest absolute Gasteiger partial charge is 0.248 e. The minimum atomic E-state index is -0.951. The van der Waals surface area contributed by atoms with Gasteiger partial charge < -0.3 is 10.4 Å². The van der Waals surface area contributed by atoms with Crippen LogP contribution in [0.2, 0.25) is 0 Å². The van der Waals surface area contributed by atoms with E-state index >= 15 is 0 Å². The van der Waals surface area contributed by atoms with Crippen molar-refractivity contribution in [2.75, 3.05) is 13.1 Å².